The first-order valence-electron chi connectivity index (χ1n) is 4.51. The molecule has 0 saturated heterocycles. The summed E-state index contributed by atoms with van der Waals surface area (Å²) in [5, 5.41) is 25.6. The molecule has 0 aliphatic heterocycles. The molecule has 0 fully saturated rings. The molecule has 0 heterocycles. The third kappa shape index (κ3) is 6.46. The van der Waals surface area contributed by atoms with E-state index in [0.717, 1.165) is 0 Å². The maximum Gasteiger partial charge on any atom is 0.307 e. The highest BCUT2D eigenvalue weighted by Crippen LogP contribution is 2.01. The SMILES string of the molecule is CC(CN(CC#N)CCC(=O)O)C(=O)O. The van der Waals surface area contributed by atoms with E-state index in [0.29, 0.717) is 0 Å². The Labute approximate surface area is 87.7 Å². The number of nitriles is 1. The number of carbonyl (C=O) groups is 2. The first-order chi connectivity index (χ1) is 6.97. The van der Waals surface area contributed by atoms with Gasteiger partial charge in [0, 0.05) is 13.1 Å². The molecular weight excluding hydrogens is 200 g/mol. The molecule has 0 aliphatic rings. The van der Waals surface area contributed by atoms with Gasteiger partial charge in [-0.3, -0.25) is 14.5 Å². The molecule has 2 N–H and O–H groups in total. The number of carboxylic acid groups (broad SMARTS) is 2. The number of hydrogen-bond donors (Lipinski definition) is 2. The lowest BCUT2D eigenvalue weighted by molar-refractivity contribution is -0.141. The van der Waals surface area contributed by atoms with Gasteiger partial charge in [-0.25, -0.2) is 0 Å². The van der Waals surface area contributed by atoms with Gasteiger partial charge in [0.1, 0.15) is 0 Å². The molecule has 6 heteroatoms. The standard InChI is InChI=1S/C9H14N2O4/c1-7(9(14)15)6-11(5-3-10)4-2-8(12)13/h7H,2,4-6H2,1H3,(H,12,13)(H,14,15). The maximum atomic E-state index is 10.6. The number of carboxylic acids is 2. The third-order valence-electron chi connectivity index (χ3n) is 1.89. The predicted octanol–water partition coefficient (Wildman–Crippen LogP) is 0.00738. The Morgan fingerprint density at radius 1 is 1.47 bits per heavy atom. The van der Waals surface area contributed by atoms with Crippen molar-refractivity contribution in [1.29, 1.82) is 5.26 Å². The van der Waals surface area contributed by atoms with Gasteiger partial charge in [0.05, 0.1) is 25.0 Å². The Morgan fingerprint density at radius 2 is 2.07 bits per heavy atom. The molecule has 1 atom stereocenters. The fourth-order valence-corrected chi connectivity index (χ4v) is 1.05. The van der Waals surface area contributed by atoms with Crippen molar-refractivity contribution in [1.82, 2.24) is 4.90 Å². The van der Waals surface area contributed by atoms with Crippen LogP contribution in [0.5, 0.6) is 0 Å². The van der Waals surface area contributed by atoms with E-state index in [2.05, 4.69) is 0 Å². The lowest BCUT2D eigenvalue weighted by Crippen LogP contribution is -2.33. The van der Waals surface area contributed by atoms with Gasteiger partial charge in [-0.15, -0.1) is 0 Å². The summed E-state index contributed by atoms with van der Waals surface area (Å²) in [5.74, 6) is -2.51. The van der Waals surface area contributed by atoms with Gasteiger partial charge in [0.15, 0.2) is 0 Å². The molecule has 0 bridgehead atoms. The van der Waals surface area contributed by atoms with Crippen molar-refractivity contribution in [3.05, 3.63) is 0 Å². The molecule has 0 aromatic carbocycles. The Kier molecular flexibility index (Phi) is 6.06. The van der Waals surface area contributed by atoms with E-state index in [4.69, 9.17) is 15.5 Å². The van der Waals surface area contributed by atoms with Crippen LogP contribution in [0, 0.1) is 17.2 Å². The second kappa shape index (κ2) is 6.79. The Hall–Kier alpha value is -1.61. The highest BCUT2D eigenvalue weighted by molar-refractivity contribution is 5.69. The van der Waals surface area contributed by atoms with Crippen LogP contribution in [0.15, 0.2) is 0 Å². The topological polar surface area (TPSA) is 102 Å². The van der Waals surface area contributed by atoms with Crippen LogP contribution in [0.2, 0.25) is 0 Å². The minimum Gasteiger partial charge on any atom is -0.481 e. The highest BCUT2D eigenvalue weighted by atomic mass is 16.4. The molecule has 0 aliphatic carbocycles. The fourth-order valence-electron chi connectivity index (χ4n) is 1.05. The van der Waals surface area contributed by atoms with E-state index >= 15 is 0 Å². The van der Waals surface area contributed by atoms with E-state index in [1.54, 1.807) is 0 Å². The second-order valence-corrected chi connectivity index (χ2v) is 3.28. The quantitative estimate of drug-likeness (QED) is 0.579. The Balaban J connectivity index is 4.09. The number of nitrogens with zero attached hydrogens (tertiary/aromatic N) is 2. The zero-order chi connectivity index (χ0) is 11.8. The molecule has 1 unspecified atom stereocenters. The largest absolute Gasteiger partial charge is 0.481 e. The summed E-state index contributed by atoms with van der Waals surface area (Å²) in [6, 6.07) is 1.88. The molecule has 15 heavy (non-hydrogen) atoms. The number of hydrogen-bond acceptors (Lipinski definition) is 4. The molecule has 0 spiro atoms. The average Bonchev–Trinajstić information content (AvgIpc) is 2.14. The van der Waals surface area contributed by atoms with Gasteiger partial charge in [0.25, 0.3) is 0 Å². The monoisotopic (exact) mass is 214 g/mol. The first kappa shape index (κ1) is 13.4. The van der Waals surface area contributed by atoms with E-state index < -0.39 is 17.9 Å². The maximum absolute atomic E-state index is 10.6. The summed E-state index contributed by atoms with van der Waals surface area (Å²) < 4.78 is 0. The zero-order valence-corrected chi connectivity index (χ0v) is 8.51. The summed E-state index contributed by atoms with van der Waals surface area (Å²) in [4.78, 5) is 22.4. The van der Waals surface area contributed by atoms with Crippen LogP contribution in [0.4, 0.5) is 0 Å². The highest BCUT2D eigenvalue weighted by Gasteiger charge is 2.16. The average molecular weight is 214 g/mol. The van der Waals surface area contributed by atoms with Crippen molar-refractivity contribution < 1.29 is 19.8 Å². The van der Waals surface area contributed by atoms with Crippen molar-refractivity contribution in [2.24, 2.45) is 5.92 Å². The Morgan fingerprint density at radius 3 is 2.47 bits per heavy atom. The summed E-state index contributed by atoms with van der Waals surface area (Å²) >= 11 is 0. The van der Waals surface area contributed by atoms with Gasteiger partial charge in [-0.2, -0.15) is 5.26 Å². The van der Waals surface area contributed by atoms with Crippen molar-refractivity contribution >= 4 is 11.9 Å². The molecule has 6 nitrogen and oxygen atoms in total. The molecule has 0 radical (unpaired) electrons. The minimum atomic E-state index is -0.957. The Bertz CT molecular complexity index is 272. The lowest BCUT2D eigenvalue weighted by Gasteiger charge is -2.19. The van der Waals surface area contributed by atoms with Crippen LogP contribution >= 0.6 is 0 Å². The molecule has 0 rings (SSSR count). The van der Waals surface area contributed by atoms with Gasteiger partial charge in [0.2, 0.25) is 0 Å². The van der Waals surface area contributed by atoms with Crippen molar-refractivity contribution in [3.63, 3.8) is 0 Å². The zero-order valence-electron chi connectivity index (χ0n) is 8.51. The summed E-state index contributed by atoms with van der Waals surface area (Å²) in [5.41, 5.74) is 0. The summed E-state index contributed by atoms with van der Waals surface area (Å²) in [6.45, 7) is 1.95. The van der Waals surface area contributed by atoms with Gasteiger partial charge >= 0.3 is 11.9 Å². The first-order valence-corrected chi connectivity index (χ1v) is 4.51. The van der Waals surface area contributed by atoms with Crippen LogP contribution in [0.25, 0.3) is 0 Å². The van der Waals surface area contributed by atoms with Gasteiger partial charge in [-0.1, -0.05) is 6.92 Å². The van der Waals surface area contributed by atoms with Gasteiger partial charge in [-0.05, 0) is 0 Å². The van der Waals surface area contributed by atoms with Crippen LogP contribution < -0.4 is 0 Å². The van der Waals surface area contributed by atoms with Crippen LogP contribution in [0.3, 0.4) is 0 Å². The second-order valence-electron chi connectivity index (χ2n) is 3.28. The van der Waals surface area contributed by atoms with Crippen molar-refractivity contribution in [3.8, 4) is 6.07 Å². The van der Waals surface area contributed by atoms with Gasteiger partial charge < -0.3 is 10.2 Å². The summed E-state index contributed by atoms with van der Waals surface area (Å²) in [6.07, 6.45) is -0.0893. The molecule has 0 aromatic rings. The van der Waals surface area contributed by atoms with Crippen molar-refractivity contribution in [2.45, 2.75) is 13.3 Å². The number of aliphatic carboxylic acids is 2. The fraction of sp³-hybridized carbons (Fsp3) is 0.667. The van der Waals surface area contributed by atoms with E-state index in [9.17, 15) is 9.59 Å². The molecule has 0 saturated carbocycles. The van der Waals surface area contributed by atoms with E-state index in [-0.39, 0.29) is 26.1 Å². The third-order valence-corrected chi connectivity index (χ3v) is 1.89. The van der Waals surface area contributed by atoms with Crippen LogP contribution in [-0.4, -0.2) is 46.7 Å². The van der Waals surface area contributed by atoms with Crippen molar-refractivity contribution in [2.75, 3.05) is 19.6 Å². The predicted molar refractivity (Wildman–Crippen MR) is 51.1 cm³/mol. The molecule has 0 aromatic heterocycles. The summed E-state index contributed by atoms with van der Waals surface area (Å²) in [7, 11) is 0. The van der Waals surface area contributed by atoms with Crippen LogP contribution in [0.1, 0.15) is 13.3 Å². The smallest absolute Gasteiger partial charge is 0.307 e. The molecule has 84 valence electrons. The van der Waals surface area contributed by atoms with E-state index in [1.807, 2.05) is 6.07 Å². The van der Waals surface area contributed by atoms with Crippen LogP contribution in [-0.2, 0) is 9.59 Å². The molecule has 0 amide bonds. The molecular formula is C9H14N2O4. The van der Waals surface area contributed by atoms with E-state index in [1.165, 1.54) is 11.8 Å². The normalized spacial score (nSPS) is 12.1. The number of rotatable bonds is 7. The minimum absolute atomic E-state index is 0.0465. The lowest BCUT2D eigenvalue weighted by atomic mass is 10.1.